The maximum Gasteiger partial charge on any atom is 0.326 e. The fourth-order valence-electron chi connectivity index (χ4n) is 1.65. The van der Waals surface area contributed by atoms with Crippen LogP contribution in [0.2, 0.25) is 0 Å². The van der Waals surface area contributed by atoms with Crippen LogP contribution in [0.5, 0.6) is 0 Å². The van der Waals surface area contributed by atoms with Gasteiger partial charge >= 0.3 is 5.97 Å². The number of amides is 1. The Morgan fingerprint density at radius 2 is 2.06 bits per heavy atom. The van der Waals surface area contributed by atoms with Crippen LogP contribution in [0.3, 0.4) is 0 Å². The van der Waals surface area contributed by atoms with Crippen molar-refractivity contribution in [3.8, 4) is 0 Å². The standard InChI is InChI=1S/C11H20N2O3/c1-3-7(2)8(9(14)15)13-10(16)11(6-12)4-5-11/h7-8H,3-6,12H2,1-2H3,(H,13,16)(H,14,15)/t7-,8-/m0/s1. The van der Waals surface area contributed by atoms with Crippen LogP contribution in [0, 0.1) is 11.3 Å². The van der Waals surface area contributed by atoms with Crippen molar-refractivity contribution in [2.45, 2.75) is 39.2 Å². The number of carbonyl (C=O) groups is 2. The summed E-state index contributed by atoms with van der Waals surface area (Å²) >= 11 is 0. The number of carboxylic acid groups (broad SMARTS) is 1. The molecule has 0 unspecified atom stereocenters. The molecule has 1 amide bonds. The van der Waals surface area contributed by atoms with E-state index in [0.717, 1.165) is 12.8 Å². The van der Waals surface area contributed by atoms with Gasteiger partial charge in [0.15, 0.2) is 0 Å². The lowest BCUT2D eigenvalue weighted by atomic mass is 9.97. The SMILES string of the molecule is CC[C@H](C)[C@H](NC(=O)C1(CN)CC1)C(=O)O. The first-order valence-electron chi connectivity index (χ1n) is 5.70. The van der Waals surface area contributed by atoms with Gasteiger partial charge in [-0.25, -0.2) is 4.79 Å². The molecule has 0 radical (unpaired) electrons. The van der Waals surface area contributed by atoms with E-state index in [-0.39, 0.29) is 11.8 Å². The maximum atomic E-state index is 11.8. The van der Waals surface area contributed by atoms with Crippen LogP contribution in [0.4, 0.5) is 0 Å². The predicted octanol–water partition coefficient (Wildman–Crippen LogP) is 0.341. The van der Waals surface area contributed by atoms with Crippen LogP contribution in [-0.4, -0.2) is 29.6 Å². The Morgan fingerprint density at radius 1 is 1.50 bits per heavy atom. The van der Waals surface area contributed by atoms with Crippen LogP contribution < -0.4 is 11.1 Å². The smallest absolute Gasteiger partial charge is 0.326 e. The molecule has 0 bridgehead atoms. The summed E-state index contributed by atoms with van der Waals surface area (Å²) in [5, 5.41) is 11.6. The summed E-state index contributed by atoms with van der Waals surface area (Å²) in [7, 11) is 0. The van der Waals surface area contributed by atoms with E-state index in [0.29, 0.717) is 13.0 Å². The third-order valence-corrected chi connectivity index (χ3v) is 3.49. The minimum Gasteiger partial charge on any atom is -0.480 e. The van der Waals surface area contributed by atoms with Crippen molar-refractivity contribution in [3.63, 3.8) is 0 Å². The second-order valence-corrected chi connectivity index (χ2v) is 4.66. The largest absolute Gasteiger partial charge is 0.480 e. The van der Waals surface area contributed by atoms with E-state index in [2.05, 4.69) is 5.32 Å². The predicted molar refractivity (Wildman–Crippen MR) is 59.7 cm³/mol. The molecule has 1 saturated carbocycles. The Hall–Kier alpha value is -1.10. The lowest BCUT2D eigenvalue weighted by Gasteiger charge is -2.22. The zero-order valence-electron chi connectivity index (χ0n) is 9.82. The molecule has 0 aliphatic heterocycles. The van der Waals surface area contributed by atoms with Gasteiger partial charge in [-0.15, -0.1) is 0 Å². The van der Waals surface area contributed by atoms with Crippen molar-refractivity contribution >= 4 is 11.9 Å². The summed E-state index contributed by atoms with van der Waals surface area (Å²) in [4.78, 5) is 22.9. The lowest BCUT2D eigenvalue weighted by molar-refractivity contribution is -0.144. The highest BCUT2D eigenvalue weighted by atomic mass is 16.4. The molecular formula is C11H20N2O3. The molecule has 0 aromatic heterocycles. The van der Waals surface area contributed by atoms with Gasteiger partial charge in [0.05, 0.1) is 5.41 Å². The van der Waals surface area contributed by atoms with Gasteiger partial charge in [-0.1, -0.05) is 20.3 Å². The molecule has 92 valence electrons. The molecule has 0 aromatic rings. The molecule has 1 rings (SSSR count). The zero-order chi connectivity index (χ0) is 12.3. The number of rotatable bonds is 6. The third kappa shape index (κ3) is 2.52. The van der Waals surface area contributed by atoms with E-state index in [9.17, 15) is 9.59 Å². The van der Waals surface area contributed by atoms with Crippen molar-refractivity contribution in [1.82, 2.24) is 5.32 Å². The van der Waals surface area contributed by atoms with E-state index in [4.69, 9.17) is 10.8 Å². The molecule has 1 fully saturated rings. The molecule has 0 saturated heterocycles. The van der Waals surface area contributed by atoms with Gasteiger partial charge in [0.25, 0.3) is 0 Å². The summed E-state index contributed by atoms with van der Waals surface area (Å²) in [5.41, 5.74) is 5.04. The van der Waals surface area contributed by atoms with Crippen LogP contribution >= 0.6 is 0 Å². The Kier molecular flexibility index (Phi) is 3.91. The molecular weight excluding hydrogens is 208 g/mol. The Balaban J connectivity index is 2.62. The first-order chi connectivity index (χ1) is 7.46. The van der Waals surface area contributed by atoms with Crippen LogP contribution in [-0.2, 0) is 9.59 Å². The molecule has 1 aliphatic carbocycles. The summed E-state index contributed by atoms with van der Waals surface area (Å²) < 4.78 is 0. The van der Waals surface area contributed by atoms with Gasteiger partial charge in [0.1, 0.15) is 6.04 Å². The van der Waals surface area contributed by atoms with Gasteiger partial charge in [0, 0.05) is 6.54 Å². The van der Waals surface area contributed by atoms with E-state index < -0.39 is 17.4 Å². The van der Waals surface area contributed by atoms with Gasteiger partial charge in [0.2, 0.25) is 5.91 Å². The first kappa shape index (κ1) is 13.0. The third-order valence-electron chi connectivity index (χ3n) is 3.49. The van der Waals surface area contributed by atoms with Gasteiger partial charge < -0.3 is 16.2 Å². The highest BCUT2D eigenvalue weighted by molar-refractivity contribution is 5.89. The van der Waals surface area contributed by atoms with Crippen LogP contribution in [0.15, 0.2) is 0 Å². The lowest BCUT2D eigenvalue weighted by Crippen LogP contribution is -2.49. The first-order valence-corrected chi connectivity index (χ1v) is 5.70. The Labute approximate surface area is 95.4 Å². The normalized spacial score (nSPS) is 20.9. The van der Waals surface area contributed by atoms with Gasteiger partial charge in [-0.3, -0.25) is 4.79 Å². The average Bonchev–Trinajstić information content (AvgIpc) is 3.04. The van der Waals surface area contributed by atoms with E-state index in [1.807, 2.05) is 13.8 Å². The highest BCUT2D eigenvalue weighted by Gasteiger charge is 2.49. The minimum atomic E-state index is -0.976. The van der Waals surface area contributed by atoms with Gasteiger partial charge in [-0.2, -0.15) is 0 Å². The zero-order valence-corrected chi connectivity index (χ0v) is 9.82. The molecule has 1 aliphatic rings. The second-order valence-electron chi connectivity index (χ2n) is 4.66. The number of carbonyl (C=O) groups excluding carboxylic acids is 1. The summed E-state index contributed by atoms with van der Waals surface area (Å²) in [6, 6.07) is -0.804. The fraction of sp³-hybridized carbons (Fsp3) is 0.818. The topological polar surface area (TPSA) is 92.4 Å². The molecule has 5 heteroatoms. The molecule has 5 nitrogen and oxygen atoms in total. The maximum absolute atomic E-state index is 11.8. The van der Waals surface area contributed by atoms with Crippen molar-refractivity contribution in [2.75, 3.05) is 6.54 Å². The Bertz CT molecular complexity index is 287. The number of nitrogens with one attached hydrogen (secondary N) is 1. The summed E-state index contributed by atoms with van der Waals surface area (Å²) in [6.45, 7) is 4.02. The minimum absolute atomic E-state index is 0.0741. The van der Waals surface area contributed by atoms with E-state index in [1.54, 1.807) is 0 Å². The van der Waals surface area contributed by atoms with Crippen LogP contribution in [0.1, 0.15) is 33.1 Å². The van der Waals surface area contributed by atoms with Crippen LogP contribution in [0.25, 0.3) is 0 Å². The van der Waals surface area contributed by atoms with E-state index in [1.165, 1.54) is 0 Å². The van der Waals surface area contributed by atoms with Crippen molar-refractivity contribution in [3.05, 3.63) is 0 Å². The number of nitrogens with two attached hydrogens (primary N) is 1. The van der Waals surface area contributed by atoms with E-state index >= 15 is 0 Å². The molecule has 0 aromatic carbocycles. The van der Waals surface area contributed by atoms with Crippen molar-refractivity contribution in [1.29, 1.82) is 0 Å². The van der Waals surface area contributed by atoms with Crippen molar-refractivity contribution < 1.29 is 14.7 Å². The quantitative estimate of drug-likeness (QED) is 0.611. The monoisotopic (exact) mass is 228 g/mol. The molecule has 4 N–H and O–H groups in total. The van der Waals surface area contributed by atoms with Crippen molar-refractivity contribution in [2.24, 2.45) is 17.1 Å². The fourth-order valence-corrected chi connectivity index (χ4v) is 1.65. The number of hydrogen-bond donors (Lipinski definition) is 3. The molecule has 0 heterocycles. The number of carboxylic acids is 1. The average molecular weight is 228 g/mol. The second kappa shape index (κ2) is 4.82. The summed E-state index contributed by atoms with van der Waals surface area (Å²) in [5.74, 6) is -1.26. The molecule has 16 heavy (non-hydrogen) atoms. The molecule has 0 spiro atoms. The highest BCUT2D eigenvalue weighted by Crippen LogP contribution is 2.44. The number of hydrogen-bond acceptors (Lipinski definition) is 3. The van der Waals surface area contributed by atoms with Gasteiger partial charge in [-0.05, 0) is 18.8 Å². The summed E-state index contributed by atoms with van der Waals surface area (Å²) in [6.07, 6.45) is 2.25. The number of aliphatic carboxylic acids is 1. The molecule has 2 atom stereocenters. The Morgan fingerprint density at radius 3 is 2.38 bits per heavy atom.